The Balaban J connectivity index is 2.45. The van der Waals surface area contributed by atoms with E-state index < -0.39 is 13.7 Å². The van der Waals surface area contributed by atoms with E-state index in [0.29, 0.717) is 19.4 Å². The smallest absolute Gasteiger partial charge is 0.248 e. The van der Waals surface area contributed by atoms with Crippen LogP contribution in [0.1, 0.15) is 32.1 Å². The van der Waals surface area contributed by atoms with Gasteiger partial charge in [0, 0.05) is 13.0 Å². The zero-order valence-corrected chi connectivity index (χ0v) is 14.4. The summed E-state index contributed by atoms with van der Waals surface area (Å²) in [4.78, 5) is 23.7. The van der Waals surface area contributed by atoms with Gasteiger partial charge in [-0.25, -0.2) is 0 Å². The molecule has 1 amide bonds. The second-order valence-corrected chi connectivity index (χ2v) is 7.47. The lowest BCUT2D eigenvalue weighted by atomic mass is 10.1. The van der Waals surface area contributed by atoms with Crippen LogP contribution in [0.15, 0.2) is 0 Å². The van der Waals surface area contributed by atoms with Crippen molar-refractivity contribution in [3.63, 3.8) is 0 Å². The van der Waals surface area contributed by atoms with Gasteiger partial charge in [0.1, 0.15) is 0 Å². The number of nitrogens with two attached hydrogens (primary N) is 1. The highest BCUT2D eigenvalue weighted by Gasteiger charge is 2.34. The van der Waals surface area contributed by atoms with Gasteiger partial charge < -0.3 is 34.8 Å². The van der Waals surface area contributed by atoms with Crippen molar-refractivity contribution in [2.24, 2.45) is 5.73 Å². The van der Waals surface area contributed by atoms with Gasteiger partial charge in [0.2, 0.25) is 13.5 Å². The molecule has 1 aliphatic heterocycles. The average Bonchev–Trinajstić information content (AvgIpc) is 2.89. The van der Waals surface area contributed by atoms with E-state index in [-0.39, 0.29) is 38.3 Å². The fourth-order valence-electron chi connectivity index (χ4n) is 2.52. The van der Waals surface area contributed by atoms with Crippen LogP contribution in [0.3, 0.4) is 0 Å². The van der Waals surface area contributed by atoms with Crippen molar-refractivity contribution >= 4 is 19.8 Å². The number of aliphatic hydroxyl groups is 2. The molecule has 9 heteroatoms. The standard InChI is InChI=1S/C14H29N2O6P/c1-23(20,21-8-7-17)22-11-12-9-13(18)10-16(12)14(19)5-3-2-4-6-15/h12-13,17-18,20H,1-11,15H2/t12-,13+,23?/m0/s1. The van der Waals surface area contributed by atoms with E-state index >= 15 is 0 Å². The van der Waals surface area contributed by atoms with Gasteiger partial charge in [-0.2, -0.15) is 0 Å². The number of likely N-dealkylation sites (tertiary alicyclic amines) is 1. The molecule has 0 saturated carbocycles. The summed E-state index contributed by atoms with van der Waals surface area (Å²) in [6.07, 6.45) is 6.24. The second kappa shape index (κ2) is 10.4. The van der Waals surface area contributed by atoms with E-state index in [1.54, 1.807) is 4.90 Å². The molecule has 1 rings (SSSR count). The van der Waals surface area contributed by atoms with E-state index in [0.717, 1.165) is 19.3 Å². The number of carbonyl (C=O) groups excluding carboxylic acids is 1. The average molecular weight is 352 g/mol. The van der Waals surface area contributed by atoms with Crippen molar-refractivity contribution in [1.29, 1.82) is 0 Å². The lowest BCUT2D eigenvalue weighted by molar-refractivity contribution is -0.133. The molecule has 0 aromatic carbocycles. The second-order valence-electron chi connectivity index (χ2n) is 5.68. The minimum absolute atomic E-state index is 0.0330. The minimum atomic E-state index is -3.26. The molecule has 0 aromatic rings. The van der Waals surface area contributed by atoms with Gasteiger partial charge in [-0.15, -0.1) is 0 Å². The van der Waals surface area contributed by atoms with Gasteiger partial charge in [-0.1, -0.05) is 6.42 Å². The molecule has 3 atom stereocenters. The monoisotopic (exact) mass is 352 g/mol. The third kappa shape index (κ3) is 7.76. The zero-order valence-electron chi connectivity index (χ0n) is 13.5. The Morgan fingerprint density at radius 1 is 1.35 bits per heavy atom. The van der Waals surface area contributed by atoms with Gasteiger partial charge in [0.05, 0.1) is 32.0 Å². The van der Waals surface area contributed by atoms with Crippen molar-refractivity contribution in [2.45, 2.75) is 44.2 Å². The lowest BCUT2D eigenvalue weighted by Gasteiger charge is -2.26. The number of carbonyl (C=O) groups is 1. The van der Waals surface area contributed by atoms with Gasteiger partial charge >= 0.3 is 0 Å². The molecular weight excluding hydrogens is 323 g/mol. The maximum absolute atomic E-state index is 12.3. The first-order chi connectivity index (χ1) is 10.9. The molecular formula is C14H29N2O6P. The van der Waals surface area contributed by atoms with Crippen molar-refractivity contribution < 1.29 is 28.9 Å². The number of aliphatic hydroxyl groups excluding tert-OH is 2. The number of hydrogen-bond acceptors (Lipinski definition) is 7. The normalized spacial score (nSPS) is 23.9. The summed E-state index contributed by atoms with van der Waals surface area (Å²) < 4.78 is 10.2. The van der Waals surface area contributed by atoms with Gasteiger partial charge in [0.25, 0.3) is 0 Å². The Morgan fingerprint density at radius 2 is 2.09 bits per heavy atom. The highest BCUT2D eigenvalue weighted by atomic mass is 31.2. The van der Waals surface area contributed by atoms with Crippen molar-refractivity contribution in [2.75, 3.05) is 32.9 Å². The topological polar surface area (TPSA) is 125 Å². The van der Waals surface area contributed by atoms with Gasteiger partial charge in [0.15, 0.2) is 0 Å². The first kappa shape index (κ1) is 20.6. The summed E-state index contributed by atoms with van der Waals surface area (Å²) in [5, 5.41) is 18.5. The molecule has 23 heavy (non-hydrogen) atoms. The molecule has 1 heterocycles. The summed E-state index contributed by atoms with van der Waals surface area (Å²) in [7, 11) is -3.26. The van der Waals surface area contributed by atoms with Crippen LogP contribution < -0.4 is 5.73 Å². The van der Waals surface area contributed by atoms with Crippen LogP contribution >= 0.6 is 7.57 Å². The number of nitrogens with zero attached hydrogens (tertiary/aromatic N) is 1. The SMILES string of the molecule is C=P(O)(OCCO)OC[C@@H]1C[C@@H](O)CN1C(=O)CCCCCN. The first-order valence-electron chi connectivity index (χ1n) is 7.93. The van der Waals surface area contributed by atoms with Crippen LogP contribution in [0.2, 0.25) is 0 Å². The van der Waals surface area contributed by atoms with Gasteiger partial charge in [-0.05, 0) is 32.1 Å². The Morgan fingerprint density at radius 3 is 2.74 bits per heavy atom. The molecule has 0 aromatic heterocycles. The Labute approximate surface area is 137 Å². The number of amides is 1. The molecule has 0 radical (unpaired) electrons. The largest absolute Gasteiger partial charge is 0.394 e. The quantitative estimate of drug-likeness (QED) is 0.297. The van der Waals surface area contributed by atoms with Crippen LogP contribution in [-0.2, 0) is 13.8 Å². The molecule has 0 spiro atoms. The molecule has 8 nitrogen and oxygen atoms in total. The molecule has 1 fully saturated rings. The third-order valence-corrected chi connectivity index (χ3v) is 4.80. The van der Waals surface area contributed by atoms with Crippen LogP contribution in [0.25, 0.3) is 0 Å². The van der Waals surface area contributed by atoms with Crippen LogP contribution in [0.5, 0.6) is 0 Å². The van der Waals surface area contributed by atoms with Crippen molar-refractivity contribution in [3.05, 3.63) is 0 Å². The molecule has 1 saturated heterocycles. The number of unbranched alkanes of at least 4 members (excludes halogenated alkanes) is 2. The summed E-state index contributed by atoms with van der Waals surface area (Å²) in [5.74, 6) is -0.0330. The van der Waals surface area contributed by atoms with E-state index in [1.807, 2.05) is 0 Å². The highest BCUT2D eigenvalue weighted by Crippen LogP contribution is 2.43. The van der Waals surface area contributed by atoms with E-state index in [2.05, 4.69) is 6.30 Å². The highest BCUT2D eigenvalue weighted by molar-refractivity contribution is 7.58. The number of hydrogen-bond donors (Lipinski definition) is 4. The Hall–Kier alpha value is -0.470. The number of β-amino-alcohol motifs (C(OH)–C–C–N with tert-alkyl or cyclic N) is 1. The maximum atomic E-state index is 12.3. The zero-order chi connectivity index (χ0) is 17.3. The summed E-state index contributed by atoms with van der Waals surface area (Å²) in [5.41, 5.74) is 5.42. The third-order valence-electron chi connectivity index (χ3n) is 3.66. The predicted octanol–water partition coefficient (Wildman–Crippen LogP) is -0.320. The summed E-state index contributed by atoms with van der Waals surface area (Å²) >= 11 is 0. The number of rotatable bonds is 11. The summed E-state index contributed by atoms with van der Waals surface area (Å²) in [6, 6.07) is -0.307. The summed E-state index contributed by atoms with van der Waals surface area (Å²) in [6.45, 7) is 0.633. The first-order valence-corrected chi connectivity index (χ1v) is 9.69. The van der Waals surface area contributed by atoms with E-state index in [1.165, 1.54) is 0 Å². The molecule has 1 unspecified atom stereocenters. The molecule has 5 N–H and O–H groups in total. The van der Waals surface area contributed by atoms with E-state index in [9.17, 15) is 14.8 Å². The van der Waals surface area contributed by atoms with E-state index in [4.69, 9.17) is 19.9 Å². The molecule has 136 valence electrons. The molecule has 0 aliphatic carbocycles. The van der Waals surface area contributed by atoms with Crippen LogP contribution in [-0.4, -0.2) is 77.3 Å². The fourth-order valence-corrected chi connectivity index (χ4v) is 3.37. The van der Waals surface area contributed by atoms with Crippen molar-refractivity contribution in [3.8, 4) is 0 Å². The maximum Gasteiger partial charge on any atom is 0.248 e. The molecule has 0 bridgehead atoms. The van der Waals surface area contributed by atoms with Crippen LogP contribution in [0.4, 0.5) is 0 Å². The van der Waals surface area contributed by atoms with Gasteiger partial charge in [-0.3, -0.25) is 4.79 Å². The van der Waals surface area contributed by atoms with Crippen LogP contribution in [0, 0.1) is 0 Å². The lowest BCUT2D eigenvalue weighted by Crippen LogP contribution is -2.38. The fraction of sp³-hybridized carbons (Fsp3) is 0.857. The Kier molecular flexibility index (Phi) is 9.31. The van der Waals surface area contributed by atoms with Crippen molar-refractivity contribution in [1.82, 2.24) is 4.90 Å². The predicted molar refractivity (Wildman–Crippen MR) is 88.9 cm³/mol. The minimum Gasteiger partial charge on any atom is -0.394 e. The Bertz CT molecular complexity index is 409. The molecule has 1 aliphatic rings.